The van der Waals surface area contributed by atoms with E-state index in [9.17, 15) is 4.21 Å². The molecule has 1 unspecified atom stereocenters. The molecule has 3 nitrogen and oxygen atoms in total. The molecule has 0 saturated carbocycles. The highest BCUT2D eigenvalue weighted by molar-refractivity contribution is 7.85. The molecule has 1 aliphatic heterocycles. The van der Waals surface area contributed by atoms with Gasteiger partial charge in [0.15, 0.2) is 0 Å². The fraction of sp³-hybridized carbons (Fsp3) is 0.467. The van der Waals surface area contributed by atoms with Gasteiger partial charge in [-0.1, -0.05) is 0 Å². The van der Waals surface area contributed by atoms with Gasteiger partial charge in [-0.15, -0.1) is 0 Å². The average molecular weight is 276 g/mol. The summed E-state index contributed by atoms with van der Waals surface area (Å²) in [5, 5.41) is 1.30. The summed E-state index contributed by atoms with van der Waals surface area (Å²) >= 11 is 0. The molecule has 1 aromatic carbocycles. The van der Waals surface area contributed by atoms with Crippen molar-refractivity contribution >= 4 is 21.7 Å². The summed E-state index contributed by atoms with van der Waals surface area (Å²) in [7, 11) is 3.40. The van der Waals surface area contributed by atoms with Gasteiger partial charge in [0.25, 0.3) is 0 Å². The number of hydrogen-bond acceptors (Lipinski definition) is 2. The number of fused-ring (bicyclic) bond motifs is 3. The van der Waals surface area contributed by atoms with Crippen LogP contribution >= 0.6 is 0 Å². The number of hydrogen-bond donors (Lipinski definition) is 0. The second kappa shape index (κ2) is 5.10. The number of aromatic nitrogens is 1. The summed E-state index contributed by atoms with van der Waals surface area (Å²) in [4.78, 5) is 3.25. The van der Waals surface area contributed by atoms with E-state index in [1.807, 2.05) is 0 Å². The van der Waals surface area contributed by atoms with E-state index in [1.54, 1.807) is 0 Å². The van der Waals surface area contributed by atoms with Crippen LogP contribution in [0, 0.1) is 0 Å². The van der Waals surface area contributed by atoms with Crippen molar-refractivity contribution in [1.82, 2.24) is 9.47 Å². The Morgan fingerprint density at radius 3 is 2.95 bits per heavy atom. The molecule has 0 spiro atoms. The van der Waals surface area contributed by atoms with Gasteiger partial charge >= 0.3 is 0 Å². The first-order valence-corrected chi connectivity index (χ1v) is 8.12. The minimum absolute atomic E-state index is 0.790. The maximum atomic E-state index is 12.0. The summed E-state index contributed by atoms with van der Waals surface area (Å²) in [6.45, 7) is 2.03. The lowest BCUT2D eigenvalue weighted by atomic mass is 10.1. The van der Waals surface area contributed by atoms with E-state index in [0.29, 0.717) is 0 Å². The number of likely N-dealkylation sites (N-methyl/N-ethyl adjacent to an activating group) is 1. The fourth-order valence-corrected chi connectivity index (χ4v) is 4.11. The Labute approximate surface area is 116 Å². The summed E-state index contributed by atoms with van der Waals surface area (Å²) in [5.74, 6) is 0.819. The van der Waals surface area contributed by atoms with Crippen molar-refractivity contribution in [3.63, 3.8) is 0 Å². The zero-order chi connectivity index (χ0) is 13.4. The molecule has 3 rings (SSSR count). The standard InChI is InChI=1S/C15H20N2OS/c1-16(2)9-10-17-8-7-12-13-4-3-11-19(18)15(13)6-5-14(12)17/h5-8H,3-4,9-11H2,1-2H3. The highest BCUT2D eigenvalue weighted by Gasteiger charge is 2.19. The van der Waals surface area contributed by atoms with Gasteiger partial charge in [0, 0.05) is 40.8 Å². The molecule has 2 heterocycles. The lowest BCUT2D eigenvalue weighted by Crippen LogP contribution is -2.18. The Hall–Kier alpha value is -1.13. The van der Waals surface area contributed by atoms with E-state index in [0.717, 1.165) is 36.6 Å². The van der Waals surface area contributed by atoms with Crippen molar-refractivity contribution in [2.75, 3.05) is 26.4 Å². The number of rotatable bonds is 3. The number of aryl methyl sites for hydroxylation is 1. The Balaban J connectivity index is 2.03. The Kier molecular flexibility index (Phi) is 3.46. The van der Waals surface area contributed by atoms with Gasteiger partial charge in [0.05, 0.1) is 10.8 Å². The second-order valence-electron chi connectivity index (χ2n) is 5.44. The van der Waals surface area contributed by atoms with E-state index < -0.39 is 10.8 Å². The largest absolute Gasteiger partial charge is 0.346 e. The van der Waals surface area contributed by atoms with Gasteiger partial charge in [-0.05, 0) is 50.7 Å². The molecule has 1 aliphatic rings. The fourth-order valence-electron chi connectivity index (χ4n) is 2.78. The van der Waals surface area contributed by atoms with Gasteiger partial charge in [-0.2, -0.15) is 0 Å². The normalized spacial score (nSPS) is 19.0. The number of benzene rings is 1. The maximum Gasteiger partial charge on any atom is 0.0532 e. The van der Waals surface area contributed by atoms with Crippen LogP contribution in [0.5, 0.6) is 0 Å². The van der Waals surface area contributed by atoms with Crippen molar-refractivity contribution in [3.05, 3.63) is 30.0 Å². The predicted molar refractivity (Wildman–Crippen MR) is 80.1 cm³/mol. The zero-order valence-electron chi connectivity index (χ0n) is 11.6. The van der Waals surface area contributed by atoms with E-state index in [-0.39, 0.29) is 0 Å². The second-order valence-corrected chi connectivity index (χ2v) is 6.98. The molecule has 0 bridgehead atoms. The topological polar surface area (TPSA) is 25.2 Å². The molecule has 0 aliphatic carbocycles. The van der Waals surface area contributed by atoms with E-state index in [1.165, 1.54) is 16.5 Å². The Morgan fingerprint density at radius 2 is 2.16 bits per heavy atom. The molecule has 0 N–H and O–H groups in total. The molecule has 4 heteroatoms. The lowest BCUT2D eigenvalue weighted by molar-refractivity contribution is 0.387. The first-order chi connectivity index (χ1) is 9.16. The zero-order valence-corrected chi connectivity index (χ0v) is 12.4. The molecule has 0 amide bonds. The molecular formula is C15H20N2OS. The summed E-state index contributed by atoms with van der Waals surface area (Å²) in [5.41, 5.74) is 2.59. The summed E-state index contributed by atoms with van der Waals surface area (Å²) in [6.07, 6.45) is 4.27. The van der Waals surface area contributed by atoms with Crippen LogP contribution < -0.4 is 0 Å². The van der Waals surface area contributed by atoms with Crippen molar-refractivity contribution in [2.45, 2.75) is 24.3 Å². The van der Waals surface area contributed by atoms with Crippen LogP contribution in [0.2, 0.25) is 0 Å². The molecule has 19 heavy (non-hydrogen) atoms. The molecular weight excluding hydrogens is 256 g/mol. The SMILES string of the molecule is CN(C)CCn1ccc2c3c(ccc21)S(=O)CCC3. The highest BCUT2D eigenvalue weighted by Crippen LogP contribution is 2.30. The van der Waals surface area contributed by atoms with Gasteiger partial charge < -0.3 is 9.47 Å². The van der Waals surface area contributed by atoms with Crippen LogP contribution in [-0.2, 0) is 23.8 Å². The summed E-state index contributed by atoms with van der Waals surface area (Å²) in [6, 6.07) is 6.39. The Bertz CT molecular complexity index is 630. The minimum atomic E-state index is -0.790. The van der Waals surface area contributed by atoms with Gasteiger partial charge in [-0.25, -0.2) is 0 Å². The average Bonchev–Trinajstić information content (AvgIpc) is 2.80. The van der Waals surface area contributed by atoms with Gasteiger partial charge in [0.1, 0.15) is 0 Å². The summed E-state index contributed by atoms with van der Waals surface area (Å²) < 4.78 is 14.3. The third-order valence-electron chi connectivity index (χ3n) is 3.81. The van der Waals surface area contributed by atoms with Crippen molar-refractivity contribution in [2.24, 2.45) is 0 Å². The van der Waals surface area contributed by atoms with Crippen LogP contribution in [-0.4, -0.2) is 40.1 Å². The molecule has 1 aromatic heterocycles. The van der Waals surface area contributed by atoms with Crippen LogP contribution in [0.3, 0.4) is 0 Å². The highest BCUT2D eigenvalue weighted by atomic mass is 32.2. The number of nitrogens with zero attached hydrogens (tertiary/aromatic N) is 2. The van der Waals surface area contributed by atoms with E-state index in [4.69, 9.17) is 0 Å². The maximum absolute atomic E-state index is 12.0. The minimum Gasteiger partial charge on any atom is -0.346 e. The third kappa shape index (κ3) is 2.35. The quantitative estimate of drug-likeness (QED) is 0.859. The molecule has 0 radical (unpaired) electrons. The van der Waals surface area contributed by atoms with Gasteiger partial charge in [-0.3, -0.25) is 4.21 Å². The van der Waals surface area contributed by atoms with E-state index in [2.05, 4.69) is 48.0 Å². The Morgan fingerprint density at radius 1 is 1.32 bits per heavy atom. The third-order valence-corrected chi connectivity index (χ3v) is 5.34. The molecule has 0 fully saturated rings. The monoisotopic (exact) mass is 276 g/mol. The first-order valence-electron chi connectivity index (χ1n) is 6.80. The predicted octanol–water partition coefficient (Wildman–Crippen LogP) is 2.26. The first kappa shape index (κ1) is 12.9. The van der Waals surface area contributed by atoms with Crippen molar-refractivity contribution in [3.8, 4) is 0 Å². The van der Waals surface area contributed by atoms with Crippen LogP contribution in [0.15, 0.2) is 29.3 Å². The van der Waals surface area contributed by atoms with Crippen LogP contribution in [0.4, 0.5) is 0 Å². The van der Waals surface area contributed by atoms with E-state index >= 15 is 0 Å². The molecule has 1 atom stereocenters. The van der Waals surface area contributed by atoms with Crippen LogP contribution in [0.25, 0.3) is 10.9 Å². The smallest absolute Gasteiger partial charge is 0.0532 e. The van der Waals surface area contributed by atoms with Gasteiger partial charge in [0.2, 0.25) is 0 Å². The van der Waals surface area contributed by atoms with Crippen molar-refractivity contribution < 1.29 is 4.21 Å². The van der Waals surface area contributed by atoms with Crippen LogP contribution in [0.1, 0.15) is 12.0 Å². The molecule has 0 saturated heterocycles. The molecule has 102 valence electrons. The van der Waals surface area contributed by atoms with Crippen molar-refractivity contribution in [1.29, 1.82) is 0 Å². The molecule has 2 aromatic rings. The lowest BCUT2D eigenvalue weighted by Gasteiger charge is -2.17.